The molecule has 3 atom stereocenters. The van der Waals surface area contributed by atoms with Crippen LogP contribution in [-0.2, 0) is 11.3 Å². The first-order valence-corrected chi connectivity index (χ1v) is 10.1. The second-order valence-electron chi connectivity index (χ2n) is 8.14. The van der Waals surface area contributed by atoms with Crippen LogP contribution in [0, 0.1) is 5.92 Å². The van der Waals surface area contributed by atoms with Gasteiger partial charge in [-0.25, -0.2) is 0 Å². The highest BCUT2D eigenvalue weighted by Gasteiger charge is 2.42. The van der Waals surface area contributed by atoms with Gasteiger partial charge in [0.05, 0.1) is 17.8 Å². The second-order valence-corrected chi connectivity index (χ2v) is 8.14. The normalized spacial score (nSPS) is 22.9. The molecule has 148 valence electrons. The summed E-state index contributed by atoms with van der Waals surface area (Å²) in [4.78, 5) is 32.6. The first kappa shape index (κ1) is 18.1. The van der Waals surface area contributed by atoms with E-state index in [1.807, 2.05) is 42.5 Å². The Morgan fingerprint density at radius 2 is 2.00 bits per heavy atom. The molecule has 1 fully saturated rings. The molecule has 2 aliphatic rings. The standard InChI is InChI=1S/C23H24N4O2/c1-26(14-18-10-9-15-5-2-3-6-19(15)25-18)23(29)22-17-11-16(12-24-13-17)20-7-4-8-21(28)27(20)22/h2-10,16-17,22,24H,11-14H2,1H3/t16-,17+,22-/m1/s1. The molecule has 6 heteroatoms. The highest BCUT2D eigenvalue weighted by molar-refractivity contribution is 5.81. The number of carbonyl (C=O) groups excluding carboxylic acids is 1. The molecule has 6 nitrogen and oxygen atoms in total. The summed E-state index contributed by atoms with van der Waals surface area (Å²) < 4.78 is 1.74. The van der Waals surface area contributed by atoms with Crippen molar-refractivity contribution in [3.63, 3.8) is 0 Å². The molecule has 2 aromatic heterocycles. The van der Waals surface area contributed by atoms with Gasteiger partial charge in [-0.3, -0.25) is 19.1 Å². The highest BCUT2D eigenvalue weighted by Crippen LogP contribution is 2.39. The number of piperidine rings is 1. The van der Waals surface area contributed by atoms with Crippen LogP contribution in [0.3, 0.4) is 0 Å². The highest BCUT2D eigenvalue weighted by atomic mass is 16.2. The molecule has 1 amide bonds. The Labute approximate surface area is 169 Å². The molecule has 0 unspecified atom stereocenters. The molecule has 4 heterocycles. The van der Waals surface area contributed by atoms with Gasteiger partial charge >= 0.3 is 0 Å². The van der Waals surface area contributed by atoms with Gasteiger partial charge in [0.1, 0.15) is 6.04 Å². The summed E-state index contributed by atoms with van der Waals surface area (Å²) in [6.45, 7) is 2.04. The van der Waals surface area contributed by atoms with Crippen molar-refractivity contribution in [1.82, 2.24) is 19.8 Å². The molecule has 29 heavy (non-hydrogen) atoms. The van der Waals surface area contributed by atoms with Crippen LogP contribution in [0.2, 0.25) is 0 Å². The van der Waals surface area contributed by atoms with E-state index in [2.05, 4.69) is 5.32 Å². The van der Waals surface area contributed by atoms with Gasteiger partial charge in [-0.05, 0) is 24.6 Å². The molecular weight excluding hydrogens is 364 g/mol. The number of hydrogen-bond donors (Lipinski definition) is 1. The van der Waals surface area contributed by atoms with Crippen LogP contribution in [0.1, 0.15) is 29.8 Å². The van der Waals surface area contributed by atoms with Crippen LogP contribution in [0.25, 0.3) is 10.9 Å². The van der Waals surface area contributed by atoms with E-state index in [1.165, 1.54) is 0 Å². The summed E-state index contributed by atoms with van der Waals surface area (Å²) in [6, 6.07) is 16.8. The van der Waals surface area contributed by atoms with Crippen molar-refractivity contribution in [2.45, 2.75) is 24.9 Å². The topological polar surface area (TPSA) is 67.2 Å². The van der Waals surface area contributed by atoms with Gasteiger partial charge in [-0.15, -0.1) is 0 Å². The monoisotopic (exact) mass is 388 g/mol. The van der Waals surface area contributed by atoms with Gasteiger partial charge in [-0.2, -0.15) is 0 Å². The maximum atomic E-state index is 13.5. The lowest BCUT2D eigenvalue weighted by Gasteiger charge is -2.43. The number of pyridine rings is 2. The van der Waals surface area contributed by atoms with Crippen molar-refractivity contribution in [2.75, 3.05) is 20.1 Å². The van der Waals surface area contributed by atoms with Gasteiger partial charge in [0.25, 0.3) is 5.56 Å². The van der Waals surface area contributed by atoms with E-state index < -0.39 is 6.04 Å². The maximum Gasteiger partial charge on any atom is 0.251 e. The molecule has 2 bridgehead atoms. The SMILES string of the molecule is CN(Cc1ccc2ccccc2n1)C(=O)[C@H]1[C@@H]2CNC[C@@H](C2)c2cccc(=O)n21. The van der Waals surface area contributed by atoms with E-state index >= 15 is 0 Å². The number of aromatic nitrogens is 2. The zero-order chi connectivity index (χ0) is 20.0. The molecule has 1 aromatic carbocycles. The van der Waals surface area contributed by atoms with Crippen molar-refractivity contribution in [1.29, 1.82) is 0 Å². The number of amides is 1. The number of hydrogen-bond acceptors (Lipinski definition) is 4. The summed E-state index contributed by atoms with van der Waals surface area (Å²) in [5, 5.41) is 4.52. The Bertz CT molecular complexity index is 1140. The zero-order valence-electron chi connectivity index (χ0n) is 16.4. The largest absolute Gasteiger partial charge is 0.338 e. The van der Waals surface area contributed by atoms with Gasteiger partial charge in [0.15, 0.2) is 0 Å². The van der Waals surface area contributed by atoms with E-state index in [9.17, 15) is 9.59 Å². The minimum absolute atomic E-state index is 0.0262. The fourth-order valence-corrected chi connectivity index (χ4v) is 4.85. The van der Waals surface area contributed by atoms with E-state index in [1.54, 1.807) is 28.6 Å². The van der Waals surface area contributed by atoms with Gasteiger partial charge in [0, 0.05) is 49.1 Å². The van der Waals surface area contributed by atoms with Crippen LogP contribution < -0.4 is 10.9 Å². The average molecular weight is 388 g/mol. The third-order valence-electron chi connectivity index (χ3n) is 6.23. The Kier molecular flexibility index (Phi) is 4.43. The Morgan fingerprint density at radius 1 is 1.14 bits per heavy atom. The molecule has 2 aliphatic heterocycles. The molecule has 3 aromatic rings. The van der Waals surface area contributed by atoms with Crippen LogP contribution in [0.15, 0.2) is 59.4 Å². The Morgan fingerprint density at radius 3 is 2.90 bits per heavy atom. The fourth-order valence-electron chi connectivity index (χ4n) is 4.85. The lowest BCUT2D eigenvalue weighted by Crippen LogP contribution is -2.52. The average Bonchev–Trinajstić information content (AvgIpc) is 2.74. The lowest BCUT2D eigenvalue weighted by atomic mass is 9.79. The summed E-state index contributed by atoms with van der Waals surface area (Å²) >= 11 is 0. The van der Waals surface area contributed by atoms with Crippen LogP contribution in [-0.4, -0.2) is 40.5 Å². The smallest absolute Gasteiger partial charge is 0.251 e. The fraction of sp³-hybridized carbons (Fsp3) is 0.348. The maximum absolute atomic E-state index is 13.5. The third-order valence-corrected chi connectivity index (χ3v) is 6.23. The third kappa shape index (κ3) is 3.13. The molecular formula is C23H24N4O2. The van der Waals surface area contributed by atoms with Crippen molar-refractivity contribution in [2.24, 2.45) is 5.92 Å². The number of carbonyl (C=O) groups is 1. The predicted octanol–water partition coefficient (Wildman–Crippen LogP) is 2.30. The minimum atomic E-state index is -0.465. The summed E-state index contributed by atoms with van der Waals surface area (Å²) in [5.41, 5.74) is 2.64. The predicted molar refractivity (Wildman–Crippen MR) is 112 cm³/mol. The molecule has 0 saturated carbocycles. The first-order valence-electron chi connectivity index (χ1n) is 10.1. The number of likely N-dealkylation sites (N-methyl/N-ethyl adjacent to an activating group) is 1. The number of rotatable bonds is 3. The quantitative estimate of drug-likeness (QED) is 0.748. The van der Waals surface area contributed by atoms with Crippen molar-refractivity contribution in [3.05, 3.63) is 76.3 Å². The lowest BCUT2D eigenvalue weighted by molar-refractivity contribution is -0.136. The van der Waals surface area contributed by atoms with Crippen molar-refractivity contribution >= 4 is 16.8 Å². The molecule has 1 saturated heterocycles. The summed E-state index contributed by atoms with van der Waals surface area (Å²) in [7, 11) is 1.80. The Hall–Kier alpha value is -2.99. The molecule has 0 spiro atoms. The zero-order valence-corrected chi connectivity index (χ0v) is 16.4. The Balaban J connectivity index is 1.46. The molecule has 0 radical (unpaired) electrons. The van der Waals surface area contributed by atoms with E-state index in [0.29, 0.717) is 12.5 Å². The van der Waals surface area contributed by atoms with Crippen molar-refractivity contribution in [3.8, 4) is 0 Å². The molecule has 0 aliphatic carbocycles. The molecule has 1 N–H and O–H groups in total. The first-order chi connectivity index (χ1) is 14.1. The number of nitrogens with zero attached hydrogens (tertiary/aromatic N) is 3. The van der Waals surface area contributed by atoms with Gasteiger partial charge < -0.3 is 10.2 Å². The molecule has 5 rings (SSSR count). The van der Waals surface area contributed by atoms with E-state index in [-0.39, 0.29) is 17.4 Å². The van der Waals surface area contributed by atoms with Gasteiger partial charge in [-0.1, -0.05) is 30.3 Å². The number of fused-ring (bicyclic) bond motifs is 5. The second kappa shape index (κ2) is 7.12. The summed E-state index contributed by atoms with van der Waals surface area (Å²) in [5.74, 6) is 0.390. The van der Waals surface area contributed by atoms with Crippen molar-refractivity contribution < 1.29 is 4.79 Å². The van der Waals surface area contributed by atoms with Crippen LogP contribution >= 0.6 is 0 Å². The van der Waals surface area contributed by atoms with Gasteiger partial charge in [0.2, 0.25) is 5.91 Å². The van der Waals surface area contributed by atoms with Crippen LogP contribution in [0.4, 0.5) is 0 Å². The number of benzene rings is 1. The van der Waals surface area contributed by atoms with E-state index in [0.717, 1.165) is 41.8 Å². The summed E-state index contributed by atoms with van der Waals surface area (Å²) in [6.07, 6.45) is 0.939. The minimum Gasteiger partial charge on any atom is -0.338 e. The van der Waals surface area contributed by atoms with Crippen LogP contribution in [0.5, 0.6) is 0 Å². The van der Waals surface area contributed by atoms with E-state index in [4.69, 9.17) is 4.98 Å². The number of nitrogens with one attached hydrogen (secondary N) is 1. The number of para-hydroxylation sites is 1.